The molecule has 1 amide bonds. The summed E-state index contributed by atoms with van der Waals surface area (Å²) in [4.78, 5) is 24.2. The Hall–Kier alpha value is -2.25. The summed E-state index contributed by atoms with van der Waals surface area (Å²) in [7, 11) is 0. The molecule has 2 aromatic rings. The second-order valence-electron chi connectivity index (χ2n) is 4.99. The third-order valence-electron chi connectivity index (χ3n) is 3.28. The van der Waals surface area contributed by atoms with Crippen LogP contribution in [0.2, 0.25) is 5.02 Å². The molecule has 3 heterocycles. The first-order valence-electron chi connectivity index (χ1n) is 7.15. The van der Waals surface area contributed by atoms with Crippen LogP contribution in [0.4, 0.5) is 0 Å². The second-order valence-corrected chi connectivity index (χ2v) is 5.40. The van der Waals surface area contributed by atoms with Gasteiger partial charge in [0, 0.05) is 25.0 Å². The maximum Gasteiger partial charge on any atom is 0.253 e. The van der Waals surface area contributed by atoms with E-state index in [0.29, 0.717) is 35.4 Å². The average Bonchev–Trinajstić information content (AvgIpc) is 3.08. The fraction of sp³-hybridized carbons (Fsp3) is 0.333. The molecule has 3 rings (SSSR count). The van der Waals surface area contributed by atoms with E-state index in [0.717, 1.165) is 6.42 Å². The Morgan fingerprint density at radius 1 is 1.39 bits per heavy atom. The van der Waals surface area contributed by atoms with Gasteiger partial charge in [0.2, 0.25) is 5.88 Å². The molecular weight excluding hydrogens is 320 g/mol. The summed E-state index contributed by atoms with van der Waals surface area (Å²) in [6.45, 7) is 1.48. The van der Waals surface area contributed by atoms with Crippen molar-refractivity contribution in [3.05, 3.63) is 47.1 Å². The first-order chi connectivity index (χ1) is 11.2. The Morgan fingerprint density at radius 3 is 3.00 bits per heavy atom. The number of carbonyl (C=O) groups excluding carboxylic acids is 1. The Balaban J connectivity index is 1.61. The first-order valence-corrected chi connectivity index (χ1v) is 7.53. The minimum Gasteiger partial charge on any atom is -0.471 e. The number of nitrogens with zero attached hydrogens (tertiary/aromatic N) is 3. The quantitative estimate of drug-likeness (QED) is 0.894. The smallest absolute Gasteiger partial charge is 0.253 e. The van der Waals surface area contributed by atoms with E-state index in [1.54, 1.807) is 18.6 Å². The van der Waals surface area contributed by atoms with Crippen LogP contribution in [-0.4, -0.2) is 40.2 Å². The van der Waals surface area contributed by atoms with Crippen molar-refractivity contribution in [2.24, 2.45) is 0 Å². The van der Waals surface area contributed by atoms with Gasteiger partial charge in [-0.25, -0.2) is 4.98 Å². The van der Waals surface area contributed by atoms with Crippen molar-refractivity contribution in [2.45, 2.75) is 19.1 Å². The van der Waals surface area contributed by atoms with E-state index in [4.69, 9.17) is 21.1 Å². The van der Waals surface area contributed by atoms with Gasteiger partial charge >= 0.3 is 0 Å². The number of hydrogen-bond acceptors (Lipinski definition) is 6. The zero-order valence-corrected chi connectivity index (χ0v) is 13.0. The van der Waals surface area contributed by atoms with E-state index < -0.39 is 0 Å². The van der Waals surface area contributed by atoms with Gasteiger partial charge in [0.05, 0.1) is 37.2 Å². The highest BCUT2D eigenvalue weighted by Gasteiger charge is 2.20. The number of aromatic nitrogens is 3. The summed E-state index contributed by atoms with van der Waals surface area (Å²) in [6, 6.07) is 1.53. The molecule has 0 aromatic carbocycles. The standard InChI is InChI=1S/C15H15ClN4O3/c16-13-5-10(6-20-15(13)23-12-1-4-22-9-12)14(21)19-8-11-7-17-2-3-18-11/h2-3,5-7,12H,1,4,8-9H2,(H,19,21). The van der Waals surface area contributed by atoms with Gasteiger partial charge < -0.3 is 14.8 Å². The van der Waals surface area contributed by atoms with Crippen molar-refractivity contribution < 1.29 is 14.3 Å². The SMILES string of the molecule is O=C(NCc1cnccn1)c1cnc(OC2CCOC2)c(Cl)c1. The molecule has 0 aliphatic carbocycles. The van der Waals surface area contributed by atoms with Gasteiger partial charge in [0.25, 0.3) is 5.91 Å². The summed E-state index contributed by atoms with van der Waals surface area (Å²) in [5.41, 5.74) is 1.02. The fourth-order valence-corrected chi connectivity index (χ4v) is 2.31. The van der Waals surface area contributed by atoms with Crippen LogP contribution in [0.3, 0.4) is 0 Å². The predicted octanol–water partition coefficient (Wildman–Crippen LogP) is 1.62. The Labute approximate surface area is 138 Å². The summed E-state index contributed by atoms with van der Waals surface area (Å²) >= 11 is 6.14. The molecule has 8 heteroatoms. The Kier molecular flexibility index (Phi) is 4.99. The third kappa shape index (κ3) is 4.14. The first kappa shape index (κ1) is 15.6. The topological polar surface area (TPSA) is 86.2 Å². The van der Waals surface area contributed by atoms with Crippen molar-refractivity contribution in [1.29, 1.82) is 0 Å². The van der Waals surface area contributed by atoms with E-state index in [2.05, 4.69) is 20.3 Å². The van der Waals surface area contributed by atoms with Crippen LogP contribution in [0.15, 0.2) is 30.9 Å². The van der Waals surface area contributed by atoms with Gasteiger partial charge in [0.1, 0.15) is 11.1 Å². The molecule has 2 aromatic heterocycles. The zero-order valence-electron chi connectivity index (χ0n) is 12.2. The van der Waals surface area contributed by atoms with Gasteiger partial charge in [-0.05, 0) is 6.07 Å². The lowest BCUT2D eigenvalue weighted by molar-refractivity contribution is 0.0949. The molecule has 0 bridgehead atoms. The van der Waals surface area contributed by atoms with Gasteiger partial charge in [0.15, 0.2) is 0 Å². The lowest BCUT2D eigenvalue weighted by Crippen LogP contribution is -2.23. The van der Waals surface area contributed by atoms with E-state index in [-0.39, 0.29) is 18.6 Å². The molecule has 1 atom stereocenters. The third-order valence-corrected chi connectivity index (χ3v) is 3.55. The molecule has 1 saturated heterocycles. The number of ether oxygens (including phenoxy) is 2. The highest BCUT2D eigenvalue weighted by molar-refractivity contribution is 6.32. The summed E-state index contributed by atoms with van der Waals surface area (Å²) in [5.74, 6) is 0.0217. The monoisotopic (exact) mass is 334 g/mol. The fourth-order valence-electron chi connectivity index (χ4n) is 2.09. The van der Waals surface area contributed by atoms with E-state index in [1.807, 2.05) is 0 Å². The molecule has 0 radical (unpaired) electrons. The van der Waals surface area contributed by atoms with Crippen molar-refractivity contribution >= 4 is 17.5 Å². The molecule has 0 spiro atoms. The van der Waals surface area contributed by atoms with E-state index in [1.165, 1.54) is 12.3 Å². The van der Waals surface area contributed by atoms with Crippen LogP contribution in [0.1, 0.15) is 22.5 Å². The molecule has 23 heavy (non-hydrogen) atoms. The maximum absolute atomic E-state index is 12.1. The molecule has 1 N–H and O–H groups in total. The van der Waals surface area contributed by atoms with Crippen LogP contribution in [-0.2, 0) is 11.3 Å². The van der Waals surface area contributed by atoms with Crippen molar-refractivity contribution in [3.63, 3.8) is 0 Å². The minimum absolute atomic E-state index is 0.0451. The van der Waals surface area contributed by atoms with Gasteiger partial charge in [-0.1, -0.05) is 11.6 Å². The number of carbonyl (C=O) groups is 1. The number of amides is 1. The second kappa shape index (κ2) is 7.34. The van der Waals surface area contributed by atoms with E-state index in [9.17, 15) is 4.79 Å². The molecule has 1 aliphatic rings. The van der Waals surface area contributed by atoms with Crippen molar-refractivity contribution in [3.8, 4) is 5.88 Å². The Morgan fingerprint density at radius 2 is 2.30 bits per heavy atom. The number of pyridine rings is 1. The molecule has 7 nitrogen and oxygen atoms in total. The number of hydrogen-bond donors (Lipinski definition) is 1. The zero-order chi connectivity index (χ0) is 16.1. The molecule has 0 saturated carbocycles. The highest BCUT2D eigenvalue weighted by atomic mass is 35.5. The van der Waals surface area contributed by atoms with Crippen LogP contribution < -0.4 is 10.1 Å². The van der Waals surface area contributed by atoms with Crippen molar-refractivity contribution in [2.75, 3.05) is 13.2 Å². The largest absolute Gasteiger partial charge is 0.471 e. The molecule has 1 aliphatic heterocycles. The minimum atomic E-state index is -0.291. The molecular formula is C15H15ClN4O3. The summed E-state index contributed by atoms with van der Waals surface area (Å²) in [6.07, 6.45) is 6.92. The summed E-state index contributed by atoms with van der Waals surface area (Å²) < 4.78 is 10.9. The van der Waals surface area contributed by atoms with E-state index >= 15 is 0 Å². The lowest BCUT2D eigenvalue weighted by atomic mass is 10.2. The Bertz CT molecular complexity index is 678. The van der Waals surface area contributed by atoms with Crippen LogP contribution in [0, 0.1) is 0 Å². The van der Waals surface area contributed by atoms with Crippen LogP contribution in [0.25, 0.3) is 0 Å². The number of rotatable bonds is 5. The predicted molar refractivity (Wildman–Crippen MR) is 82.3 cm³/mol. The summed E-state index contributed by atoms with van der Waals surface area (Å²) in [5, 5.41) is 3.03. The van der Waals surface area contributed by atoms with Gasteiger partial charge in [-0.15, -0.1) is 0 Å². The molecule has 1 unspecified atom stereocenters. The lowest BCUT2D eigenvalue weighted by Gasteiger charge is -2.12. The van der Waals surface area contributed by atoms with Crippen molar-refractivity contribution in [1.82, 2.24) is 20.3 Å². The van der Waals surface area contributed by atoms with Crippen LogP contribution in [0.5, 0.6) is 5.88 Å². The number of halogens is 1. The van der Waals surface area contributed by atoms with Crippen LogP contribution >= 0.6 is 11.6 Å². The van der Waals surface area contributed by atoms with Gasteiger partial charge in [-0.3, -0.25) is 14.8 Å². The normalized spacial score (nSPS) is 17.0. The number of nitrogens with one attached hydrogen (secondary N) is 1. The van der Waals surface area contributed by atoms with Gasteiger partial charge in [-0.2, -0.15) is 0 Å². The maximum atomic E-state index is 12.1. The molecule has 120 valence electrons. The highest BCUT2D eigenvalue weighted by Crippen LogP contribution is 2.25. The average molecular weight is 335 g/mol. The molecule has 1 fully saturated rings.